The summed E-state index contributed by atoms with van der Waals surface area (Å²) >= 11 is 0. The Morgan fingerprint density at radius 1 is 1.28 bits per heavy atom. The molecule has 0 saturated carbocycles. The summed E-state index contributed by atoms with van der Waals surface area (Å²) < 4.78 is 40.9. The van der Waals surface area contributed by atoms with Crippen molar-refractivity contribution in [3.63, 3.8) is 0 Å². The second-order valence-corrected chi connectivity index (χ2v) is 9.22. The lowest BCUT2D eigenvalue weighted by atomic mass is 10.2. The SMILES string of the molecule is CCN(CCCNC(=O)C=Cc1ccc(OCc2c(C)noc2C)c(OC)c1)S(C)(=O)=O. The number of carbonyl (C=O) groups is 1. The molecule has 1 N–H and O–H groups in total. The van der Waals surface area contributed by atoms with Crippen LogP contribution in [-0.2, 0) is 21.4 Å². The zero-order valence-corrected chi connectivity index (χ0v) is 20.0. The Kier molecular flexibility index (Phi) is 9.27. The van der Waals surface area contributed by atoms with Crippen LogP contribution in [0.3, 0.4) is 0 Å². The lowest BCUT2D eigenvalue weighted by molar-refractivity contribution is -0.116. The Morgan fingerprint density at radius 3 is 2.62 bits per heavy atom. The van der Waals surface area contributed by atoms with Gasteiger partial charge < -0.3 is 19.3 Å². The van der Waals surface area contributed by atoms with Gasteiger partial charge in [-0.05, 0) is 44.0 Å². The summed E-state index contributed by atoms with van der Waals surface area (Å²) in [4.78, 5) is 12.0. The van der Waals surface area contributed by atoms with E-state index in [-0.39, 0.29) is 5.91 Å². The van der Waals surface area contributed by atoms with Crippen molar-refractivity contribution in [1.29, 1.82) is 0 Å². The third kappa shape index (κ3) is 7.38. The second kappa shape index (κ2) is 11.7. The molecule has 0 atom stereocenters. The van der Waals surface area contributed by atoms with E-state index in [0.717, 1.165) is 16.8 Å². The molecule has 0 bridgehead atoms. The standard InChI is InChI=1S/C22H31N3O6S/c1-6-25(32(5,27)28)13-7-12-23-22(26)11-9-18-8-10-20(21(14-18)29-4)30-15-19-16(2)24-31-17(19)3/h8-11,14H,6-7,12-13,15H2,1-5H3,(H,23,26). The van der Waals surface area contributed by atoms with Gasteiger partial charge in [-0.3, -0.25) is 4.79 Å². The third-order valence-corrected chi connectivity index (χ3v) is 6.25. The topological polar surface area (TPSA) is 111 Å². The van der Waals surface area contributed by atoms with Crippen LogP contribution in [0.2, 0.25) is 0 Å². The van der Waals surface area contributed by atoms with Gasteiger partial charge in [0, 0.05) is 25.7 Å². The minimum Gasteiger partial charge on any atom is -0.493 e. The van der Waals surface area contributed by atoms with Crippen molar-refractivity contribution in [3.05, 3.63) is 46.9 Å². The fraction of sp³-hybridized carbons (Fsp3) is 0.455. The Morgan fingerprint density at radius 2 is 2.03 bits per heavy atom. The zero-order chi connectivity index (χ0) is 23.7. The average molecular weight is 466 g/mol. The molecule has 0 aliphatic carbocycles. The molecule has 0 aliphatic heterocycles. The maximum absolute atomic E-state index is 12.0. The predicted molar refractivity (Wildman–Crippen MR) is 122 cm³/mol. The highest BCUT2D eigenvalue weighted by atomic mass is 32.2. The Balaban J connectivity index is 1.88. The summed E-state index contributed by atoms with van der Waals surface area (Å²) in [5.74, 6) is 1.57. The van der Waals surface area contributed by atoms with Gasteiger partial charge in [-0.25, -0.2) is 12.7 Å². The summed E-state index contributed by atoms with van der Waals surface area (Å²) in [5.41, 5.74) is 2.45. The highest BCUT2D eigenvalue weighted by Crippen LogP contribution is 2.30. The van der Waals surface area contributed by atoms with Crippen LogP contribution in [0.1, 0.15) is 35.9 Å². The molecule has 0 radical (unpaired) electrons. The van der Waals surface area contributed by atoms with Crippen LogP contribution < -0.4 is 14.8 Å². The highest BCUT2D eigenvalue weighted by Gasteiger charge is 2.14. The molecule has 9 nitrogen and oxygen atoms in total. The van der Waals surface area contributed by atoms with E-state index in [0.29, 0.717) is 49.9 Å². The summed E-state index contributed by atoms with van der Waals surface area (Å²) in [5, 5.41) is 6.67. The molecule has 0 unspecified atom stereocenters. The highest BCUT2D eigenvalue weighted by molar-refractivity contribution is 7.88. The molecular formula is C22H31N3O6S. The van der Waals surface area contributed by atoms with Crippen LogP contribution in [-0.4, -0.2) is 56.8 Å². The molecule has 0 saturated heterocycles. The third-order valence-electron chi connectivity index (χ3n) is 4.87. The number of sulfonamides is 1. The van der Waals surface area contributed by atoms with Gasteiger partial charge >= 0.3 is 0 Å². The Hall–Kier alpha value is -2.85. The molecule has 10 heteroatoms. The van der Waals surface area contributed by atoms with Crippen molar-refractivity contribution in [3.8, 4) is 11.5 Å². The smallest absolute Gasteiger partial charge is 0.243 e. The Labute approximate surface area is 189 Å². The van der Waals surface area contributed by atoms with E-state index in [1.54, 1.807) is 32.2 Å². The largest absolute Gasteiger partial charge is 0.493 e. The van der Waals surface area contributed by atoms with Gasteiger partial charge in [0.2, 0.25) is 15.9 Å². The number of rotatable bonds is 12. The zero-order valence-electron chi connectivity index (χ0n) is 19.2. The monoisotopic (exact) mass is 465 g/mol. The number of nitrogens with one attached hydrogen (secondary N) is 1. The van der Waals surface area contributed by atoms with E-state index < -0.39 is 10.0 Å². The molecule has 1 amide bonds. The van der Waals surface area contributed by atoms with Crippen LogP contribution >= 0.6 is 0 Å². The van der Waals surface area contributed by atoms with Gasteiger partial charge in [-0.15, -0.1) is 0 Å². The molecule has 32 heavy (non-hydrogen) atoms. The summed E-state index contributed by atoms with van der Waals surface area (Å²) in [6.07, 6.45) is 4.81. The van der Waals surface area contributed by atoms with E-state index in [1.807, 2.05) is 19.9 Å². The maximum Gasteiger partial charge on any atom is 0.243 e. The number of ether oxygens (including phenoxy) is 2. The number of hydrogen-bond acceptors (Lipinski definition) is 7. The molecule has 2 rings (SSSR count). The predicted octanol–water partition coefficient (Wildman–Crippen LogP) is 2.68. The van der Waals surface area contributed by atoms with Gasteiger partial charge in [0.1, 0.15) is 12.4 Å². The van der Waals surface area contributed by atoms with Crippen LogP contribution in [0, 0.1) is 13.8 Å². The molecule has 1 heterocycles. The summed E-state index contributed by atoms with van der Waals surface area (Å²) in [6.45, 7) is 6.94. The van der Waals surface area contributed by atoms with Gasteiger partial charge in [0.15, 0.2) is 11.5 Å². The number of benzene rings is 1. The van der Waals surface area contributed by atoms with Crippen molar-refractivity contribution >= 4 is 22.0 Å². The van der Waals surface area contributed by atoms with Crippen molar-refractivity contribution in [2.75, 3.05) is 33.0 Å². The van der Waals surface area contributed by atoms with Crippen molar-refractivity contribution in [1.82, 2.24) is 14.8 Å². The number of aryl methyl sites for hydroxylation is 2. The lowest BCUT2D eigenvalue weighted by Gasteiger charge is -2.17. The number of hydrogen-bond donors (Lipinski definition) is 1. The quantitative estimate of drug-likeness (QED) is 0.379. The van der Waals surface area contributed by atoms with Crippen molar-refractivity contribution in [2.45, 2.75) is 33.8 Å². The molecule has 0 aliphatic rings. The van der Waals surface area contributed by atoms with E-state index in [4.69, 9.17) is 14.0 Å². The average Bonchev–Trinajstić information content (AvgIpc) is 3.07. The van der Waals surface area contributed by atoms with E-state index >= 15 is 0 Å². The van der Waals surface area contributed by atoms with Crippen molar-refractivity contribution < 1.29 is 27.2 Å². The number of amides is 1. The first kappa shape index (κ1) is 25.4. The maximum atomic E-state index is 12.0. The van der Waals surface area contributed by atoms with Crippen LogP contribution in [0.25, 0.3) is 6.08 Å². The molecule has 1 aromatic heterocycles. The number of aromatic nitrogens is 1. The molecule has 1 aromatic carbocycles. The van der Waals surface area contributed by atoms with E-state index in [1.165, 1.54) is 16.6 Å². The molecule has 176 valence electrons. The molecule has 0 fully saturated rings. The first-order valence-electron chi connectivity index (χ1n) is 10.3. The first-order valence-corrected chi connectivity index (χ1v) is 12.1. The van der Waals surface area contributed by atoms with Gasteiger partial charge in [-0.2, -0.15) is 0 Å². The van der Waals surface area contributed by atoms with E-state index in [2.05, 4.69) is 10.5 Å². The van der Waals surface area contributed by atoms with E-state index in [9.17, 15) is 13.2 Å². The number of methoxy groups -OCH3 is 1. The minimum atomic E-state index is -3.22. The summed E-state index contributed by atoms with van der Waals surface area (Å²) in [7, 11) is -1.67. The first-order chi connectivity index (χ1) is 15.2. The minimum absolute atomic E-state index is 0.259. The fourth-order valence-electron chi connectivity index (χ4n) is 3.02. The number of nitrogens with zero attached hydrogens (tertiary/aromatic N) is 2. The lowest BCUT2D eigenvalue weighted by Crippen LogP contribution is -2.33. The van der Waals surface area contributed by atoms with Gasteiger partial charge in [0.05, 0.1) is 24.6 Å². The second-order valence-electron chi connectivity index (χ2n) is 7.23. The number of carbonyl (C=O) groups excluding carboxylic acids is 1. The molecular weight excluding hydrogens is 434 g/mol. The normalized spacial score (nSPS) is 11.8. The van der Waals surface area contributed by atoms with Gasteiger partial charge in [0.25, 0.3) is 0 Å². The summed E-state index contributed by atoms with van der Waals surface area (Å²) in [6, 6.07) is 5.37. The molecule has 0 spiro atoms. The van der Waals surface area contributed by atoms with Crippen LogP contribution in [0.15, 0.2) is 28.8 Å². The molecule has 2 aromatic rings. The Bertz CT molecular complexity index is 1030. The van der Waals surface area contributed by atoms with Gasteiger partial charge in [-0.1, -0.05) is 18.1 Å². The fourth-order valence-corrected chi connectivity index (χ4v) is 3.95. The van der Waals surface area contributed by atoms with Crippen LogP contribution in [0.4, 0.5) is 0 Å². The van der Waals surface area contributed by atoms with Crippen molar-refractivity contribution in [2.24, 2.45) is 0 Å². The van der Waals surface area contributed by atoms with Crippen LogP contribution in [0.5, 0.6) is 11.5 Å².